The van der Waals surface area contributed by atoms with Crippen molar-refractivity contribution in [3.05, 3.63) is 181 Å². The number of hydrogen-bond acceptors (Lipinski definition) is 6. The number of aliphatic hydroxyl groups is 1. The van der Waals surface area contributed by atoms with Crippen LogP contribution in [0.4, 0.5) is 0 Å². The molecule has 0 atom stereocenters. The minimum atomic E-state index is -1.05. The summed E-state index contributed by atoms with van der Waals surface area (Å²) in [4.78, 5) is 11.6. The molecule has 9 aromatic carbocycles. The summed E-state index contributed by atoms with van der Waals surface area (Å²) < 4.78 is 24.9. The van der Waals surface area contributed by atoms with E-state index in [4.69, 9.17) is 18.9 Å². The second-order valence-corrected chi connectivity index (χ2v) is 14.0. The molecule has 0 saturated carbocycles. The van der Waals surface area contributed by atoms with Gasteiger partial charge in [-0.3, -0.25) is 0 Å². The lowest BCUT2D eigenvalue weighted by Gasteiger charge is -2.20. The van der Waals surface area contributed by atoms with Gasteiger partial charge >= 0.3 is 5.97 Å². The Hall–Kier alpha value is -7.35. The number of ether oxygens (including phenoxy) is 4. The first-order valence-corrected chi connectivity index (χ1v) is 19.0. The number of hydrogen-bond donors (Lipinski definition) is 2. The summed E-state index contributed by atoms with van der Waals surface area (Å²) >= 11 is 0. The maximum atomic E-state index is 11.6. The third-order valence-electron chi connectivity index (χ3n) is 10.4. The van der Waals surface area contributed by atoms with E-state index in [1.807, 2.05) is 127 Å². The Morgan fingerprint density at radius 3 is 1.02 bits per heavy atom. The van der Waals surface area contributed by atoms with E-state index in [1.54, 1.807) is 0 Å². The zero-order valence-electron chi connectivity index (χ0n) is 31.4. The molecule has 9 rings (SSSR count). The third-order valence-corrected chi connectivity index (χ3v) is 10.4. The van der Waals surface area contributed by atoms with Crippen LogP contribution in [0.5, 0.6) is 23.0 Å². The monoisotopic (exact) mass is 762 g/mol. The zero-order valence-corrected chi connectivity index (χ0v) is 31.4. The second kappa shape index (κ2) is 16.0. The van der Waals surface area contributed by atoms with Gasteiger partial charge in [-0.1, -0.05) is 146 Å². The third kappa shape index (κ3) is 7.11. The van der Waals surface area contributed by atoms with E-state index >= 15 is 0 Å². The van der Waals surface area contributed by atoms with Crippen molar-refractivity contribution in [1.29, 1.82) is 0 Å². The fourth-order valence-corrected chi connectivity index (χ4v) is 7.78. The van der Waals surface area contributed by atoms with Crippen molar-refractivity contribution in [1.82, 2.24) is 0 Å². The number of carboxylic acid groups (broad SMARTS) is 1. The van der Waals surface area contributed by atoms with Crippen LogP contribution in [0.15, 0.2) is 170 Å². The number of benzene rings is 9. The maximum Gasteiger partial charge on any atom is 0.341 e. The molecule has 58 heavy (non-hydrogen) atoms. The van der Waals surface area contributed by atoms with Gasteiger partial charge in [-0.05, 0) is 78.5 Å². The van der Waals surface area contributed by atoms with Crippen molar-refractivity contribution < 1.29 is 34.0 Å². The van der Waals surface area contributed by atoms with E-state index in [-0.39, 0.29) is 0 Å². The van der Waals surface area contributed by atoms with E-state index in [1.165, 1.54) is 0 Å². The number of carboxylic acids is 1. The number of fused-ring (bicyclic) bond motifs is 4. The molecule has 7 heteroatoms. The van der Waals surface area contributed by atoms with Gasteiger partial charge in [0.15, 0.2) is 13.4 Å². The van der Waals surface area contributed by atoms with Crippen LogP contribution in [0.3, 0.4) is 0 Å². The van der Waals surface area contributed by atoms with Crippen molar-refractivity contribution in [2.24, 2.45) is 0 Å². The van der Waals surface area contributed by atoms with E-state index in [0.29, 0.717) is 36.2 Å². The Bertz CT molecular complexity index is 2950. The second-order valence-electron chi connectivity index (χ2n) is 14.0. The number of aliphatic hydroxyl groups excluding tert-OH is 1. The molecule has 0 saturated heterocycles. The summed E-state index contributed by atoms with van der Waals surface area (Å²) in [6, 6.07) is 56.4. The van der Waals surface area contributed by atoms with Crippen LogP contribution in [0.1, 0.15) is 11.1 Å². The van der Waals surface area contributed by atoms with E-state index < -0.39 is 19.4 Å². The Balaban J connectivity index is 1.02. The fraction of sp³-hybridized carbons (Fsp3) is 0.0784. The summed E-state index contributed by atoms with van der Waals surface area (Å²) in [7, 11) is 0. The van der Waals surface area contributed by atoms with Gasteiger partial charge in [0, 0.05) is 22.3 Å². The molecule has 0 aliphatic heterocycles. The first-order valence-electron chi connectivity index (χ1n) is 19.0. The molecule has 0 spiro atoms. The average Bonchev–Trinajstić information content (AvgIpc) is 3.27. The highest BCUT2D eigenvalue weighted by Crippen LogP contribution is 2.47. The van der Waals surface area contributed by atoms with E-state index in [2.05, 4.69) is 42.5 Å². The Morgan fingerprint density at radius 1 is 0.379 bits per heavy atom. The van der Waals surface area contributed by atoms with Crippen LogP contribution in [0.25, 0.3) is 65.3 Å². The molecule has 0 aliphatic rings. The molecule has 0 radical (unpaired) electrons. The molecule has 0 unspecified atom stereocenters. The molecule has 0 heterocycles. The molecule has 0 bridgehead atoms. The number of rotatable bonds is 13. The smallest absolute Gasteiger partial charge is 0.341 e. The molecule has 0 amide bonds. The predicted octanol–water partition coefficient (Wildman–Crippen LogP) is 11.6. The molecular formula is C51H38O7. The van der Waals surface area contributed by atoms with Crippen molar-refractivity contribution in [3.63, 3.8) is 0 Å². The lowest BCUT2D eigenvalue weighted by Crippen LogP contribution is -2.10. The molecule has 0 aromatic heterocycles. The predicted molar refractivity (Wildman–Crippen MR) is 230 cm³/mol. The zero-order chi connectivity index (χ0) is 39.4. The van der Waals surface area contributed by atoms with Crippen molar-refractivity contribution >= 4 is 49.1 Å². The van der Waals surface area contributed by atoms with Gasteiger partial charge in [0.1, 0.15) is 36.2 Å². The highest BCUT2D eigenvalue weighted by molar-refractivity contribution is 6.11. The van der Waals surface area contributed by atoms with Crippen LogP contribution in [-0.2, 0) is 18.0 Å². The van der Waals surface area contributed by atoms with Crippen LogP contribution in [0, 0.1) is 0 Å². The Kier molecular flexibility index (Phi) is 10.0. The van der Waals surface area contributed by atoms with Crippen molar-refractivity contribution in [3.8, 4) is 45.3 Å². The SMILES string of the molecule is O=C(O)COc1ccc2ccccc2c1-c1c(OCc2ccc(COc3ccc4ccccc4c3-c3c(OCO)ccc4ccccc34)cc2)ccc2ccccc12. The minimum absolute atomic E-state index is 0.298. The summed E-state index contributed by atoms with van der Waals surface area (Å²) in [5.74, 6) is 1.36. The van der Waals surface area contributed by atoms with Crippen LogP contribution < -0.4 is 18.9 Å². The van der Waals surface area contributed by atoms with Gasteiger partial charge in [0.25, 0.3) is 0 Å². The molecule has 7 nitrogen and oxygen atoms in total. The maximum absolute atomic E-state index is 11.6. The fourth-order valence-electron chi connectivity index (χ4n) is 7.78. The lowest BCUT2D eigenvalue weighted by atomic mass is 9.92. The quantitative estimate of drug-likeness (QED) is 0.113. The largest absolute Gasteiger partial charge is 0.488 e. The standard InChI is InChI=1S/C51H38O7/c52-32-58-46-28-24-38-12-4-8-16-42(38)51(46)49-40-14-6-2-10-36(40)22-26-44(49)56-30-34-19-17-33(18-20-34)29-55-43-25-21-35-9-1-5-13-39(35)48(43)50-41-15-7-3-11-37(41)23-27-45(50)57-31-47(53)54/h1-28,52H,29-32H2,(H,53,54). The Morgan fingerprint density at radius 2 is 0.690 bits per heavy atom. The van der Waals surface area contributed by atoms with Crippen molar-refractivity contribution in [2.45, 2.75) is 13.2 Å². The Labute approximate surface area is 334 Å². The van der Waals surface area contributed by atoms with Crippen LogP contribution in [-0.4, -0.2) is 29.6 Å². The normalized spacial score (nSPS) is 11.3. The average molecular weight is 763 g/mol. The number of aliphatic carboxylic acids is 1. The van der Waals surface area contributed by atoms with Crippen LogP contribution >= 0.6 is 0 Å². The summed E-state index contributed by atoms with van der Waals surface area (Å²) in [6.07, 6.45) is 0. The topological polar surface area (TPSA) is 94.5 Å². The molecule has 2 N–H and O–H groups in total. The van der Waals surface area contributed by atoms with Crippen LogP contribution in [0.2, 0.25) is 0 Å². The van der Waals surface area contributed by atoms with Gasteiger partial charge in [0.05, 0.1) is 0 Å². The van der Waals surface area contributed by atoms with Gasteiger partial charge in [-0.2, -0.15) is 0 Å². The molecular weight excluding hydrogens is 725 g/mol. The molecule has 0 fully saturated rings. The van der Waals surface area contributed by atoms with E-state index in [0.717, 1.165) is 76.5 Å². The lowest BCUT2D eigenvalue weighted by molar-refractivity contribution is -0.139. The summed E-state index contributed by atoms with van der Waals surface area (Å²) in [6.45, 7) is -0.294. The molecule has 0 aliphatic carbocycles. The number of carbonyl (C=O) groups is 1. The first-order chi connectivity index (χ1) is 28.6. The van der Waals surface area contributed by atoms with Gasteiger partial charge in [0.2, 0.25) is 0 Å². The van der Waals surface area contributed by atoms with Gasteiger partial charge < -0.3 is 29.2 Å². The minimum Gasteiger partial charge on any atom is -0.488 e. The highest BCUT2D eigenvalue weighted by atomic mass is 16.6. The first kappa shape index (κ1) is 36.3. The van der Waals surface area contributed by atoms with Crippen molar-refractivity contribution in [2.75, 3.05) is 13.4 Å². The van der Waals surface area contributed by atoms with Gasteiger partial charge in [-0.15, -0.1) is 0 Å². The van der Waals surface area contributed by atoms with E-state index in [9.17, 15) is 15.0 Å². The molecule has 284 valence electrons. The van der Waals surface area contributed by atoms with Gasteiger partial charge in [-0.25, -0.2) is 4.79 Å². The summed E-state index contributed by atoms with van der Waals surface area (Å²) in [5.41, 5.74) is 5.34. The summed E-state index contributed by atoms with van der Waals surface area (Å²) in [5, 5.41) is 27.4. The highest BCUT2D eigenvalue weighted by Gasteiger charge is 2.21. The molecule has 9 aromatic rings.